The second-order valence-corrected chi connectivity index (χ2v) is 4.78. The third kappa shape index (κ3) is 3.02. The molecule has 1 aromatic carbocycles. The fourth-order valence-electron chi connectivity index (χ4n) is 2.14. The number of hydrogen-bond donors (Lipinski definition) is 2. The summed E-state index contributed by atoms with van der Waals surface area (Å²) in [6.07, 6.45) is 1.99. The van der Waals surface area contributed by atoms with Gasteiger partial charge in [0.15, 0.2) is 0 Å². The molecule has 0 radical (unpaired) electrons. The van der Waals surface area contributed by atoms with Gasteiger partial charge in [-0.2, -0.15) is 0 Å². The van der Waals surface area contributed by atoms with Crippen molar-refractivity contribution in [3.8, 4) is 0 Å². The number of benzene rings is 1. The van der Waals surface area contributed by atoms with Crippen LogP contribution in [0.25, 0.3) is 10.8 Å². The first-order chi connectivity index (χ1) is 9.11. The lowest BCUT2D eigenvalue weighted by molar-refractivity contribution is 0.0933. The SMILES string of the molecule is CCCC(C)NC(=O)c1cc2ccccc2c(N)n1. The van der Waals surface area contributed by atoms with Gasteiger partial charge in [0, 0.05) is 11.4 Å². The molecule has 2 aromatic rings. The first-order valence-electron chi connectivity index (χ1n) is 6.58. The fraction of sp³-hybridized carbons (Fsp3) is 0.333. The van der Waals surface area contributed by atoms with Gasteiger partial charge in [-0.15, -0.1) is 0 Å². The molecule has 3 N–H and O–H groups in total. The minimum absolute atomic E-state index is 0.145. The molecular weight excluding hydrogens is 238 g/mol. The number of fused-ring (bicyclic) bond motifs is 1. The molecule has 1 aromatic heterocycles. The summed E-state index contributed by atoms with van der Waals surface area (Å²) in [6, 6.07) is 9.58. The molecule has 4 nitrogen and oxygen atoms in total. The number of pyridine rings is 1. The van der Waals surface area contributed by atoms with E-state index in [1.165, 1.54) is 0 Å². The third-order valence-corrected chi connectivity index (χ3v) is 3.10. The summed E-state index contributed by atoms with van der Waals surface area (Å²) in [6.45, 7) is 4.08. The van der Waals surface area contributed by atoms with Crippen LogP contribution in [0.4, 0.5) is 5.82 Å². The van der Waals surface area contributed by atoms with Gasteiger partial charge in [-0.1, -0.05) is 37.6 Å². The van der Waals surface area contributed by atoms with Gasteiger partial charge >= 0.3 is 0 Å². The van der Waals surface area contributed by atoms with Crippen molar-refractivity contribution in [3.63, 3.8) is 0 Å². The van der Waals surface area contributed by atoms with Gasteiger partial charge < -0.3 is 11.1 Å². The summed E-state index contributed by atoms with van der Waals surface area (Å²) in [5.41, 5.74) is 6.27. The largest absolute Gasteiger partial charge is 0.383 e. The summed E-state index contributed by atoms with van der Waals surface area (Å²) in [7, 11) is 0. The molecule has 19 heavy (non-hydrogen) atoms. The monoisotopic (exact) mass is 257 g/mol. The smallest absolute Gasteiger partial charge is 0.270 e. The predicted molar refractivity (Wildman–Crippen MR) is 78.0 cm³/mol. The van der Waals surface area contributed by atoms with Crippen LogP contribution in [0.3, 0.4) is 0 Å². The number of nitrogens with zero attached hydrogens (tertiary/aromatic N) is 1. The number of anilines is 1. The molecule has 1 heterocycles. The number of nitrogens with one attached hydrogen (secondary N) is 1. The zero-order chi connectivity index (χ0) is 13.8. The van der Waals surface area contributed by atoms with Crippen molar-refractivity contribution in [2.24, 2.45) is 0 Å². The fourth-order valence-corrected chi connectivity index (χ4v) is 2.14. The molecule has 4 heteroatoms. The van der Waals surface area contributed by atoms with E-state index in [9.17, 15) is 4.79 Å². The Morgan fingerprint density at radius 3 is 2.89 bits per heavy atom. The summed E-state index contributed by atoms with van der Waals surface area (Å²) in [5.74, 6) is 0.227. The van der Waals surface area contributed by atoms with Crippen LogP contribution >= 0.6 is 0 Å². The van der Waals surface area contributed by atoms with Crippen LogP contribution in [0.15, 0.2) is 30.3 Å². The van der Waals surface area contributed by atoms with E-state index in [2.05, 4.69) is 17.2 Å². The van der Waals surface area contributed by atoms with Crippen molar-refractivity contribution < 1.29 is 4.79 Å². The number of nitrogens with two attached hydrogens (primary N) is 1. The van der Waals surface area contributed by atoms with Gasteiger partial charge in [0.25, 0.3) is 5.91 Å². The Morgan fingerprint density at radius 1 is 1.42 bits per heavy atom. The van der Waals surface area contributed by atoms with E-state index in [1.54, 1.807) is 6.07 Å². The molecule has 100 valence electrons. The first kappa shape index (κ1) is 13.3. The van der Waals surface area contributed by atoms with Crippen LogP contribution in [-0.4, -0.2) is 16.9 Å². The highest BCUT2D eigenvalue weighted by atomic mass is 16.1. The maximum Gasteiger partial charge on any atom is 0.270 e. The number of aromatic nitrogens is 1. The van der Waals surface area contributed by atoms with Gasteiger partial charge in [0.2, 0.25) is 0 Å². The van der Waals surface area contributed by atoms with Crippen molar-refractivity contribution in [2.75, 3.05) is 5.73 Å². The molecule has 0 aliphatic heterocycles. The second kappa shape index (κ2) is 5.69. The Bertz CT molecular complexity index is 595. The molecular formula is C15H19N3O. The Kier molecular flexibility index (Phi) is 4.00. The standard InChI is InChI=1S/C15H19N3O/c1-3-6-10(2)17-15(19)13-9-11-7-4-5-8-12(11)14(16)18-13/h4-5,7-10H,3,6H2,1-2H3,(H2,16,18)(H,17,19). The first-order valence-corrected chi connectivity index (χ1v) is 6.58. The van der Waals surface area contributed by atoms with E-state index in [-0.39, 0.29) is 11.9 Å². The van der Waals surface area contributed by atoms with Crippen LogP contribution in [0, 0.1) is 0 Å². The van der Waals surface area contributed by atoms with Gasteiger partial charge in [0.05, 0.1) is 0 Å². The van der Waals surface area contributed by atoms with Crippen molar-refractivity contribution in [1.29, 1.82) is 0 Å². The van der Waals surface area contributed by atoms with Crippen LogP contribution in [0.5, 0.6) is 0 Å². The Balaban J connectivity index is 2.28. The number of rotatable bonds is 4. The van der Waals surface area contributed by atoms with Gasteiger partial charge in [0.1, 0.15) is 11.5 Å². The quantitative estimate of drug-likeness (QED) is 0.885. The van der Waals surface area contributed by atoms with E-state index in [4.69, 9.17) is 5.73 Å². The average molecular weight is 257 g/mol. The molecule has 0 saturated carbocycles. The van der Waals surface area contributed by atoms with E-state index in [0.29, 0.717) is 11.5 Å². The van der Waals surface area contributed by atoms with E-state index in [0.717, 1.165) is 23.6 Å². The summed E-state index contributed by atoms with van der Waals surface area (Å²) in [5, 5.41) is 4.74. The molecule has 0 aliphatic rings. The van der Waals surface area contributed by atoms with Gasteiger partial charge in [-0.25, -0.2) is 4.98 Å². The highest BCUT2D eigenvalue weighted by Crippen LogP contribution is 2.19. The number of carbonyl (C=O) groups is 1. The predicted octanol–water partition coefficient (Wildman–Crippen LogP) is 2.74. The molecule has 0 saturated heterocycles. The van der Waals surface area contributed by atoms with Crippen LogP contribution in [0.1, 0.15) is 37.2 Å². The Labute approximate surface area is 113 Å². The lowest BCUT2D eigenvalue weighted by Gasteiger charge is -2.13. The van der Waals surface area contributed by atoms with Gasteiger partial charge in [-0.05, 0) is 24.8 Å². The van der Waals surface area contributed by atoms with Crippen molar-refractivity contribution in [2.45, 2.75) is 32.7 Å². The molecule has 1 atom stereocenters. The number of amides is 1. The number of carbonyl (C=O) groups excluding carboxylic acids is 1. The Morgan fingerprint density at radius 2 is 2.16 bits per heavy atom. The van der Waals surface area contributed by atoms with E-state index >= 15 is 0 Å². The average Bonchev–Trinajstić information content (AvgIpc) is 2.39. The molecule has 1 unspecified atom stereocenters. The normalized spacial score (nSPS) is 12.3. The summed E-state index contributed by atoms with van der Waals surface area (Å²) < 4.78 is 0. The zero-order valence-electron chi connectivity index (χ0n) is 11.3. The Hall–Kier alpha value is -2.10. The summed E-state index contributed by atoms with van der Waals surface area (Å²) >= 11 is 0. The minimum Gasteiger partial charge on any atom is -0.383 e. The zero-order valence-corrected chi connectivity index (χ0v) is 11.3. The van der Waals surface area contributed by atoms with E-state index < -0.39 is 0 Å². The lowest BCUT2D eigenvalue weighted by Crippen LogP contribution is -2.33. The molecule has 1 amide bonds. The van der Waals surface area contributed by atoms with Crippen LogP contribution < -0.4 is 11.1 Å². The molecule has 0 fully saturated rings. The summed E-state index contributed by atoms with van der Waals surface area (Å²) in [4.78, 5) is 16.3. The molecule has 2 rings (SSSR count). The minimum atomic E-state index is -0.168. The highest BCUT2D eigenvalue weighted by Gasteiger charge is 2.12. The third-order valence-electron chi connectivity index (χ3n) is 3.10. The van der Waals surface area contributed by atoms with Crippen LogP contribution in [-0.2, 0) is 0 Å². The second-order valence-electron chi connectivity index (χ2n) is 4.78. The van der Waals surface area contributed by atoms with Crippen LogP contribution in [0.2, 0.25) is 0 Å². The maximum atomic E-state index is 12.1. The highest BCUT2D eigenvalue weighted by molar-refractivity contribution is 5.99. The van der Waals surface area contributed by atoms with Crippen molar-refractivity contribution in [3.05, 3.63) is 36.0 Å². The number of hydrogen-bond acceptors (Lipinski definition) is 3. The maximum absolute atomic E-state index is 12.1. The van der Waals surface area contributed by atoms with Crippen molar-refractivity contribution in [1.82, 2.24) is 10.3 Å². The lowest BCUT2D eigenvalue weighted by atomic mass is 10.1. The molecule has 0 spiro atoms. The topological polar surface area (TPSA) is 68.0 Å². The number of nitrogen functional groups attached to an aromatic ring is 1. The van der Waals surface area contributed by atoms with E-state index in [1.807, 2.05) is 31.2 Å². The van der Waals surface area contributed by atoms with Gasteiger partial charge in [-0.3, -0.25) is 4.79 Å². The molecule has 0 bridgehead atoms. The van der Waals surface area contributed by atoms with Crippen molar-refractivity contribution >= 4 is 22.5 Å². The molecule has 0 aliphatic carbocycles.